The van der Waals surface area contributed by atoms with Gasteiger partial charge in [-0.1, -0.05) is 11.8 Å². The Morgan fingerprint density at radius 2 is 2.37 bits per heavy atom. The summed E-state index contributed by atoms with van der Waals surface area (Å²) in [4.78, 5) is 37.7. The van der Waals surface area contributed by atoms with Gasteiger partial charge < -0.3 is 9.88 Å². The molecule has 0 bridgehead atoms. The van der Waals surface area contributed by atoms with Gasteiger partial charge in [0.05, 0.1) is 6.33 Å². The Morgan fingerprint density at radius 3 is 3.00 bits per heavy atom. The van der Waals surface area contributed by atoms with Gasteiger partial charge in [-0.3, -0.25) is 19.7 Å². The lowest BCUT2D eigenvalue weighted by molar-refractivity contribution is -0.125. The Morgan fingerprint density at radius 1 is 1.53 bits per heavy atom. The van der Waals surface area contributed by atoms with Crippen LogP contribution in [0.3, 0.4) is 0 Å². The highest BCUT2D eigenvalue weighted by Crippen LogP contribution is 2.21. The third-order valence-corrected chi connectivity index (χ3v) is 3.59. The summed E-state index contributed by atoms with van der Waals surface area (Å²) in [5, 5.41) is 3.90. The van der Waals surface area contributed by atoms with E-state index < -0.39 is 5.25 Å². The van der Waals surface area contributed by atoms with Crippen molar-refractivity contribution in [1.82, 2.24) is 20.2 Å². The van der Waals surface area contributed by atoms with E-state index in [1.54, 1.807) is 12.5 Å². The number of thioether (sulfide) groups is 1. The Hall–Kier alpha value is -1.83. The number of rotatable bonds is 6. The SMILES string of the molecule is O=C(CC1SC(=O)NC1=O)NCCCn1ccnc1. The molecule has 1 saturated heterocycles. The molecule has 0 spiro atoms. The van der Waals surface area contributed by atoms with Crippen LogP contribution in [-0.4, -0.2) is 38.4 Å². The first-order chi connectivity index (χ1) is 9.15. The number of carbonyl (C=O) groups is 3. The summed E-state index contributed by atoms with van der Waals surface area (Å²) in [6.07, 6.45) is 6.09. The number of nitrogens with zero attached hydrogens (tertiary/aromatic N) is 2. The van der Waals surface area contributed by atoms with Crippen LogP contribution >= 0.6 is 11.8 Å². The minimum absolute atomic E-state index is 0.0350. The normalized spacial score (nSPS) is 18.4. The predicted octanol–water partition coefficient (Wildman–Crippen LogP) is 0.131. The topological polar surface area (TPSA) is 93.1 Å². The number of aryl methyl sites for hydroxylation is 1. The Balaban J connectivity index is 1.62. The lowest BCUT2D eigenvalue weighted by Crippen LogP contribution is -2.31. The Bertz CT molecular complexity index is 474. The molecule has 1 unspecified atom stereocenters. The molecule has 2 rings (SSSR count). The minimum atomic E-state index is -0.596. The smallest absolute Gasteiger partial charge is 0.286 e. The molecule has 7 nitrogen and oxygen atoms in total. The summed E-state index contributed by atoms with van der Waals surface area (Å²) in [5.41, 5.74) is 0. The van der Waals surface area contributed by atoms with Crippen molar-refractivity contribution >= 4 is 28.8 Å². The summed E-state index contributed by atoms with van der Waals surface area (Å²) < 4.78 is 1.92. The zero-order chi connectivity index (χ0) is 13.7. The van der Waals surface area contributed by atoms with Crippen LogP contribution in [0.5, 0.6) is 0 Å². The number of nitrogens with one attached hydrogen (secondary N) is 2. The number of imide groups is 1. The van der Waals surface area contributed by atoms with E-state index in [0.29, 0.717) is 6.54 Å². The highest BCUT2D eigenvalue weighted by atomic mass is 32.2. The van der Waals surface area contributed by atoms with Crippen LogP contribution in [0.1, 0.15) is 12.8 Å². The summed E-state index contributed by atoms with van der Waals surface area (Å²) in [6.45, 7) is 1.31. The van der Waals surface area contributed by atoms with E-state index in [-0.39, 0.29) is 23.5 Å². The molecule has 2 heterocycles. The maximum atomic E-state index is 11.6. The summed E-state index contributed by atoms with van der Waals surface area (Å²) in [6, 6.07) is 0. The quantitative estimate of drug-likeness (QED) is 0.723. The van der Waals surface area contributed by atoms with Crippen molar-refractivity contribution in [1.29, 1.82) is 0 Å². The van der Waals surface area contributed by atoms with Gasteiger partial charge in [0, 0.05) is 31.9 Å². The molecule has 3 amide bonds. The zero-order valence-corrected chi connectivity index (χ0v) is 11.0. The molecule has 1 atom stereocenters. The average Bonchev–Trinajstić information content (AvgIpc) is 2.96. The van der Waals surface area contributed by atoms with Crippen molar-refractivity contribution in [3.63, 3.8) is 0 Å². The maximum Gasteiger partial charge on any atom is 0.286 e. The number of aromatic nitrogens is 2. The van der Waals surface area contributed by atoms with Crippen LogP contribution in [0.2, 0.25) is 0 Å². The van der Waals surface area contributed by atoms with Gasteiger partial charge in [-0.25, -0.2) is 4.98 Å². The van der Waals surface area contributed by atoms with Gasteiger partial charge in [-0.15, -0.1) is 0 Å². The van der Waals surface area contributed by atoms with E-state index >= 15 is 0 Å². The molecule has 0 saturated carbocycles. The van der Waals surface area contributed by atoms with Gasteiger partial charge in [0.2, 0.25) is 11.8 Å². The molecule has 19 heavy (non-hydrogen) atoms. The fourth-order valence-electron chi connectivity index (χ4n) is 1.68. The van der Waals surface area contributed by atoms with Gasteiger partial charge in [-0.05, 0) is 6.42 Å². The van der Waals surface area contributed by atoms with Crippen LogP contribution in [0.25, 0.3) is 0 Å². The molecule has 0 aromatic carbocycles. The molecule has 102 valence electrons. The molecule has 1 aromatic heterocycles. The van der Waals surface area contributed by atoms with E-state index in [4.69, 9.17) is 0 Å². The largest absolute Gasteiger partial charge is 0.356 e. The molecule has 1 aromatic rings. The molecule has 1 aliphatic heterocycles. The first-order valence-electron chi connectivity index (χ1n) is 5.89. The number of imidazole rings is 1. The lowest BCUT2D eigenvalue weighted by Gasteiger charge is -2.07. The fourth-order valence-corrected chi connectivity index (χ4v) is 2.50. The monoisotopic (exact) mass is 282 g/mol. The average molecular weight is 282 g/mol. The van der Waals surface area contributed by atoms with Crippen molar-refractivity contribution in [2.45, 2.75) is 24.6 Å². The first-order valence-corrected chi connectivity index (χ1v) is 6.77. The third-order valence-electron chi connectivity index (χ3n) is 2.61. The predicted molar refractivity (Wildman–Crippen MR) is 69.4 cm³/mol. The second-order valence-electron chi connectivity index (χ2n) is 4.09. The zero-order valence-electron chi connectivity index (χ0n) is 10.2. The number of hydrogen-bond donors (Lipinski definition) is 2. The highest BCUT2D eigenvalue weighted by molar-refractivity contribution is 8.15. The van der Waals surface area contributed by atoms with Crippen molar-refractivity contribution in [3.05, 3.63) is 18.7 Å². The van der Waals surface area contributed by atoms with E-state index in [1.807, 2.05) is 10.8 Å². The minimum Gasteiger partial charge on any atom is -0.356 e. The molecular formula is C11H14N4O3S. The number of amides is 3. The summed E-state index contributed by atoms with van der Waals surface area (Å²) in [5.74, 6) is -0.600. The van der Waals surface area contributed by atoms with E-state index in [9.17, 15) is 14.4 Å². The second kappa shape index (κ2) is 6.37. The standard InChI is InChI=1S/C11H14N4O3S/c16-9(6-8-10(17)14-11(18)19-8)13-2-1-4-15-5-3-12-7-15/h3,5,7-8H,1-2,4,6H2,(H,13,16)(H,14,17,18). The van der Waals surface area contributed by atoms with Crippen molar-refractivity contribution in [3.8, 4) is 0 Å². The van der Waals surface area contributed by atoms with E-state index in [2.05, 4.69) is 15.6 Å². The third kappa shape index (κ3) is 4.09. The molecule has 8 heteroatoms. The fraction of sp³-hybridized carbons (Fsp3) is 0.455. The second-order valence-corrected chi connectivity index (χ2v) is 5.27. The van der Waals surface area contributed by atoms with Crippen LogP contribution < -0.4 is 10.6 Å². The number of hydrogen-bond acceptors (Lipinski definition) is 5. The molecule has 1 fully saturated rings. The highest BCUT2D eigenvalue weighted by Gasteiger charge is 2.32. The molecule has 0 aliphatic carbocycles. The van der Waals surface area contributed by atoms with Crippen molar-refractivity contribution < 1.29 is 14.4 Å². The molecule has 2 N–H and O–H groups in total. The van der Waals surface area contributed by atoms with Gasteiger partial charge in [-0.2, -0.15) is 0 Å². The van der Waals surface area contributed by atoms with Gasteiger partial charge in [0.1, 0.15) is 5.25 Å². The van der Waals surface area contributed by atoms with E-state index in [1.165, 1.54) is 0 Å². The molecule has 1 aliphatic rings. The Kier molecular flexibility index (Phi) is 4.56. The maximum absolute atomic E-state index is 11.6. The Labute approximate surface area is 114 Å². The van der Waals surface area contributed by atoms with Gasteiger partial charge >= 0.3 is 0 Å². The van der Waals surface area contributed by atoms with Crippen LogP contribution in [-0.2, 0) is 16.1 Å². The summed E-state index contributed by atoms with van der Waals surface area (Å²) >= 11 is 0.866. The van der Waals surface area contributed by atoms with Crippen molar-refractivity contribution in [2.24, 2.45) is 0 Å². The van der Waals surface area contributed by atoms with Crippen LogP contribution in [0.4, 0.5) is 4.79 Å². The van der Waals surface area contributed by atoms with Crippen LogP contribution in [0.15, 0.2) is 18.7 Å². The summed E-state index contributed by atoms with van der Waals surface area (Å²) in [7, 11) is 0. The van der Waals surface area contributed by atoms with Gasteiger partial charge in [0.15, 0.2) is 0 Å². The molecular weight excluding hydrogens is 268 g/mol. The number of carbonyl (C=O) groups excluding carboxylic acids is 3. The first kappa shape index (κ1) is 13.6. The molecule has 0 radical (unpaired) electrons. The van der Waals surface area contributed by atoms with Crippen molar-refractivity contribution in [2.75, 3.05) is 6.54 Å². The van der Waals surface area contributed by atoms with Crippen LogP contribution in [0, 0.1) is 0 Å². The lowest BCUT2D eigenvalue weighted by atomic mass is 10.2. The van der Waals surface area contributed by atoms with Gasteiger partial charge in [0.25, 0.3) is 5.24 Å². The van der Waals surface area contributed by atoms with E-state index in [0.717, 1.165) is 24.7 Å².